The van der Waals surface area contributed by atoms with Crippen molar-refractivity contribution in [2.45, 2.75) is 41.5 Å². The van der Waals surface area contributed by atoms with E-state index in [0.29, 0.717) is 0 Å². The minimum Gasteiger partial charge on any atom is -0.418 e. The van der Waals surface area contributed by atoms with Crippen molar-refractivity contribution >= 4 is 46.6 Å². The van der Waals surface area contributed by atoms with E-state index in [1.54, 1.807) is 0 Å². The summed E-state index contributed by atoms with van der Waals surface area (Å²) in [6.45, 7) is 19.4. The molecule has 0 unspecified atom stereocenters. The van der Waals surface area contributed by atoms with E-state index in [-0.39, 0.29) is 0 Å². The molecule has 0 radical (unpaired) electrons. The van der Waals surface area contributed by atoms with Crippen molar-refractivity contribution in [2.24, 2.45) is 0 Å². The third kappa shape index (κ3) is 9.78. The van der Waals surface area contributed by atoms with Crippen molar-refractivity contribution in [1.82, 2.24) is 0 Å². The Hall–Kier alpha value is -3.46. The van der Waals surface area contributed by atoms with Gasteiger partial charge in [-0.3, -0.25) is 0 Å². The number of thioether (sulfide) groups is 1. The lowest BCUT2D eigenvalue weighted by molar-refractivity contribution is -0.519. The van der Waals surface area contributed by atoms with Crippen molar-refractivity contribution in [1.29, 1.82) is 0 Å². The molecule has 44 heavy (non-hydrogen) atoms. The van der Waals surface area contributed by atoms with Crippen molar-refractivity contribution < 1.29 is 21.8 Å². The summed E-state index contributed by atoms with van der Waals surface area (Å²) in [6, 6.07) is 18.1. The van der Waals surface area contributed by atoms with Crippen LogP contribution in [0, 0.1) is 0 Å². The van der Waals surface area contributed by atoms with Gasteiger partial charge in [-0.1, -0.05) is 36.0 Å². The zero-order chi connectivity index (χ0) is 32.3. The molecule has 0 aromatic heterocycles. The molecule has 0 spiro atoms. The fraction of sp³-hybridized carbons (Fsp3) is 0.343. The van der Waals surface area contributed by atoms with Crippen LogP contribution in [0.15, 0.2) is 95.5 Å². The highest BCUT2D eigenvalue weighted by atomic mass is 32.2. The van der Waals surface area contributed by atoms with Crippen LogP contribution in [0.25, 0.3) is 10.5 Å². The first-order valence-corrected chi connectivity index (χ1v) is 16.3. The van der Waals surface area contributed by atoms with Gasteiger partial charge in [0, 0.05) is 59.5 Å². The molecule has 0 saturated carbocycles. The van der Waals surface area contributed by atoms with Gasteiger partial charge in [0.25, 0.3) is 0 Å². The number of hydrogen-bond acceptors (Lipinski definition) is 3. The van der Waals surface area contributed by atoms with Gasteiger partial charge in [-0.15, -0.1) is 0 Å². The standard InChI is InChI=1S/C35H44N3S.BF4/c1-7-36(8-2)31-19-13-27(14-20-31)30-25-34(28-15-21-32(22-16-28)37(9-3)10-4)39-35(26-30)29-17-23-33(24-18-29)38(11-5)12-6;2-1(3,4)5/h13-26H,7-12H2,1-6H3;/q+1;-1. The predicted octanol–water partition coefficient (Wildman–Crippen LogP) is 9.72. The summed E-state index contributed by atoms with van der Waals surface area (Å²) in [6.07, 6.45) is 13.8. The Labute approximate surface area is 265 Å². The second-order valence-electron chi connectivity index (χ2n) is 10.2. The van der Waals surface area contributed by atoms with Crippen molar-refractivity contribution in [3.8, 4) is 0 Å². The van der Waals surface area contributed by atoms with E-state index in [9.17, 15) is 17.3 Å². The Morgan fingerprint density at radius 1 is 0.614 bits per heavy atom. The Bertz CT molecular complexity index is 1400. The summed E-state index contributed by atoms with van der Waals surface area (Å²) in [4.78, 5) is 7.36. The normalized spacial score (nSPS) is 14.5. The minimum absolute atomic E-state index is 1.02. The molecule has 0 atom stereocenters. The molecule has 3 nitrogen and oxygen atoms in total. The van der Waals surface area contributed by atoms with Crippen LogP contribution in [0.3, 0.4) is 0 Å². The zero-order valence-electron chi connectivity index (χ0n) is 26.7. The first kappa shape index (κ1) is 35.0. The fourth-order valence-corrected chi connectivity index (χ4v) is 6.37. The van der Waals surface area contributed by atoms with Gasteiger partial charge in [-0.25, -0.2) is 4.58 Å². The van der Waals surface area contributed by atoms with Gasteiger partial charge in [-0.05, 0) is 112 Å². The summed E-state index contributed by atoms with van der Waals surface area (Å²) < 4.78 is 41.4. The summed E-state index contributed by atoms with van der Waals surface area (Å²) in [7, 11) is -6.00. The zero-order valence-corrected chi connectivity index (χ0v) is 27.5. The van der Waals surface area contributed by atoms with Crippen LogP contribution in [0.4, 0.5) is 28.6 Å². The molecule has 9 heteroatoms. The molecule has 236 valence electrons. The first-order chi connectivity index (χ1) is 21.0. The third-order valence-electron chi connectivity index (χ3n) is 7.68. The molecule has 0 bridgehead atoms. The average Bonchev–Trinajstić information content (AvgIpc) is 3.03. The number of allylic oxidation sites excluding steroid dienone is 8. The van der Waals surface area contributed by atoms with Crippen LogP contribution in [0.2, 0.25) is 0 Å². The van der Waals surface area contributed by atoms with E-state index in [4.69, 9.17) is 0 Å². The molecule has 1 aliphatic heterocycles. The number of nitrogens with zero attached hydrogens (tertiary/aromatic N) is 3. The van der Waals surface area contributed by atoms with Crippen molar-refractivity contribution in [3.63, 3.8) is 0 Å². The fourth-order valence-electron chi connectivity index (χ4n) is 5.26. The maximum atomic E-state index is 9.75. The van der Waals surface area contributed by atoms with Gasteiger partial charge in [0.05, 0.1) is 0 Å². The number of anilines is 2. The lowest BCUT2D eigenvalue weighted by Gasteiger charge is -2.23. The second-order valence-corrected chi connectivity index (χ2v) is 11.3. The quantitative estimate of drug-likeness (QED) is 0.148. The van der Waals surface area contributed by atoms with E-state index >= 15 is 0 Å². The highest BCUT2D eigenvalue weighted by molar-refractivity contribution is 8.12. The van der Waals surface area contributed by atoms with E-state index in [1.165, 1.54) is 49.2 Å². The molecule has 1 heterocycles. The van der Waals surface area contributed by atoms with Gasteiger partial charge in [0.1, 0.15) is 13.1 Å². The van der Waals surface area contributed by atoms with Crippen LogP contribution in [0.5, 0.6) is 0 Å². The Kier molecular flexibility index (Phi) is 13.2. The van der Waals surface area contributed by atoms with Gasteiger partial charge in [0.2, 0.25) is 0 Å². The Morgan fingerprint density at radius 3 is 1.45 bits per heavy atom. The molecule has 2 aromatic carbocycles. The molecule has 0 amide bonds. The predicted molar refractivity (Wildman–Crippen MR) is 185 cm³/mol. The van der Waals surface area contributed by atoms with Gasteiger partial charge < -0.3 is 27.1 Å². The summed E-state index contributed by atoms with van der Waals surface area (Å²) in [5.74, 6) is 0. The highest BCUT2D eigenvalue weighted by Crippen LogP contribution is 2.44. The molecule has 0 fully saturated rings. The summed E-state index contributed by atoms with van der Waals surface area (Å²) in [5.41, 5.74) is 8.87. The molecule has 0 N–H and O–H groups in total. The Balaban J connectivity index is 0.000000978. The number of benzene rings is 2. The second kappa shape index (κ2) is 16.6. The number of hydrogen-bond donors (Lipinski definition) is 0. The lowest BCUT2D eigenvalue weighted by Crippen LogP contribution is -2.21. The summed E-state index contributed by atoms with van der Waals surface area (Å²) in [5, 5.41) is 0. The van der Waals surface area contributed by atoms with E-state index in [1.807, 2.05) is 11.8 Å². The van der Waals surface area contributed by atoms with Crippen molar-refractivity contribution in [2.75, 3.05) is 49.1 Å². The molecule has 1 aliphatic carbocycles. The van der Waals surface area contributed by atoms with Crippen LogP contribution >= 0.6 is 11.8 Å². The van der Waals surface area contributed by atoms with E-state index in [2.05, 4.69) is 141 Å². The highest BCUT2D eigenvalue weighted by Gasteiger charge is 2.21. The van der Waals surface area contributed by atoms with Crippen LogP contribution in [-0.4, -0.2) is 56.8 Å². The third-order valence-corrected chi connectivity index (χ3v) is 8.83. The smallest absolute Gasteiger partial charge is 0.418 e. The first-order valence-electron chi connectivity index (χ1n) is 15.5. The maximum Gasteiger partial charge on any atom is 0.673 e. The molecular weight excluding hydrogens is 581 g/mol. The van der Waals surface area contributed by atoms with Gasteiger partial charge in [-0.2, -0.15) is 0 Å². The maximum absolute atomic E-state index is 9.75. The molecular formula is C35H44BF4N3S. The van der Waals surface area contributed by atoms with Crippen LogP contribution < -0.4 is 9.80 Å². The SMILES string of the molecule is CCN(CC)c1ccc(C2=CC(=C3C=CC(=[N+](CC)CC)C=C3)SC(c3ccc(N(CC)CC)cc3)=C2)cc1.F[B-](F)(F)F. The van der Waals surface area contributed by atoms with E-state index < -0.39 is 7.25 Å². The molecule has 2 aromatic rings. The number of halogens is 4. The lowest BCUT2D eigenvalue weighted by atomic mass is 10.0. The van der Waals surface area contributed by atoms with E-state index in [0.717, 1.165) is 39.3 Å². The monoisotopic (exact) mass is 625 g/mol. The molecule has 2 aliphatic rings. The van der Waals surface area contributed by atoms with Crippen molar-refractivity contribution in [3.05, 3.63) is 107 Å². The largest absolute Gasteiger partial charge is 0.673 e. The van der Waals surface area contributed by atoms with Gasteiger partial charge in [0.15, 0.2) is 5.71 Å². The van der Waals surface area contributed by atoms with Gasteiger partial charge >= 0.3 is 7.25 Å². The summed E-state index contributed by atoms with van der Waals surface area (Å²) >= 11 is 1.87. The van der Waals surface area contributed by atoms with Crippen LogP contribution in [-0.2, 0) is 0 Å². The topological polar surface area (TPSA) is 9.49 Å². The Morgan fingerprint density at radius 2 is 1.05 bits per heavy atom. The van der Waals surface area contributed by atoms with Crippen LogP contribution in [0.1, 0.15) is 52.7 Å². The number of rotatable bonds is 10. The average molecular weight is 626 g/mol. The molecule has 4 rings (SSSR count). The minimum atomic E-state index is -6.00. The molecule has 0 saturated heterocycles.